The number of urea groups is 1. The molecule has 0 bridgehead atoms. The second kappa shape index (κ2) is 7.92. The van der Waals surface area contributed by atoms with Crippen LogP contribution in [0.1, 0.15) is 26.3 Å². The minimum absolute atomic E-state index is 0.142. The molecule has 0 aliphatic heterocycles. The predicted molar refractivity (Wildman–Crippen MR) is 83.6 cm³/mol. The maximum absolute atomic E-state index is 12.8. The van der Waals surface area contributed by atoms with Crippen LogP contribution in [0.2, 0.25) is 5.02 Å². The Morgan fingerprint density at radius 1 is 1.22 bits per heavy atom. The summed E-state index contributed by atoms with van der Waals surface area (Å²) in [6.07, 6.45) is -4.57. The Kier molecular flexibility index (Phi) is 6.76. The number of carbonyl (C=O) groups excluding carboxylic acids is 2. The van der Waals surface area contributed by atoms with Gasteiger partial charge in [0.25, 0.3) is 0 Å². The van der Waals surface area contributed by atoms with Crippen molar-refractivity contribution in [2.45, 2.75) is 43.1 Å². The average Bonchev–Trinajstić information content (AvgIpc) is 2.38. The van der Waals surface area contributed by atoms with Gasteiger partial charge in [0, 0.05) is 10.9 Å². The van der Waals surface area contributed by atoms with Gasteiger partial charge in [0.15, 0.2) is 0 Å². The summed E-state index contributed by atoms with van der Waals surface area (Å²) in [6.45, 7) is 4.95. The largest absolute Gasteiger partial charge is 0.417 e. The van der Waals surface area contributed by atoms with Crippen LogP contribution in [0.15, 0.2) is 23.1 Å². The Morgan fingerprint density at radius 3 is 2.35 bits per heavy atom. The summed E-state index contributed by atoms with van der Waals surface area (Å²) in [5.74, 6) is -0.600. The monoisotopic (exact) mass is 368 g/mol. The number of hydrogen-bond acceptors (Lipinski definition) is 3. The van der Waals surface area contributed by atoms with Gasteiger partial charge >= 0.3 is 12.2 Å². The van der Waals surface area contributed by atoms with E-state index in [1.54, 1.807) is 13.8 Å². The Labute approximate surface area is 141 Å². The molecule has 0 unspecified atom stereocenters. The molecule has 0 aromatic heterocycles. The fraction of sp³-hybridized carbons (Fsp3) is 0.429. The standard InChI is InChI=1S/C14H16ClF3N2O2S/c1-7(2)19-13(22)20-12(21)8(3)23-9-4-5-11(15)10(6-9)14(16,17)18/h4-8H,1-3H3,(H2,19,20,21,22)/t8-/m1/s1. The molecule has 0 spiro atoms. The highest BCUT2D eigenvalue weighted by molar-refractivity contribution is 8.00. The fourth-order valence-corrected chi connectivity index (χ4v) is 2.70. The first-order valence-electron chi connectivity index (χ1n) is 6.65. The highest BCUT2D eigenvalue weighted by atomic mass is 35.5. The van der Waals surface area contributed by atoms with Crippen LogP contribution in [-0.2, 0) is 11.0 Å². The van der Waals surface area contributed by atoms with Crippen molar-refractivity contribution in [3.63, 3.8) is 0 Å². The summed E-state index contributed by atoms with van der Waals surface area (Å²) in [4.78, 5) is 23.5. The number of amides is 3. The van der Waals surface area contributed by atoms with Crippen molar-refractivity contribution in [1.82, 2.24) is 10.6 Å². The quantitative estimate of drug-likeness (QED) is 0.787. The summed E-state index contributed by atoms with van der Waals surface area (Å²) in [5.41, 5.74) is -0.964. The van der Waals surface area contributed by atoms with Crippen LogP contribution in [0.3, 0.4) is 0 Å². The summed E-state index contributed by atoms with van der Waals surface area (Å²) in [5, 5.41) is 3.45. The van der Waals surface area contributed by atoms with E-state index in [2.05, 4.69) is 10.6 Å². The van der Waals surface area contributed by atoms with E-state index >= 15 is 0 Å². The molecule has 9 heteroatoms. The number of hydrogen-bond donors (Lipinski definition) is 2. The van der Waals surface area contributed by atoms with Crippen molar-refractivity contribution >= 4 is 35.3 Å². The van der Waals surface area contributed by atoms with Gasteiger partial charge in [-0.3, -0.25) is 10.1 Å². The van der Waals surface area contributed by atoms with E-state index in [4.69, 9.17) is 11.6 Å². The Morgan fingerprint density at radius 2 is 1.83 bits per heavy atom. The van der Waals surface area contributed by atoms with Crippen molar-refractivity contribution in [3.05, 3.63) is 28.8 Å². The summed E-state index contributed by atoms with van der Waals surface area (Å²) in [7, 11) is 0. The third kappa shape index (κ3) is 6.31. The molecule has 1 aromatic carbocycles. The molecule has 23 heavy (non-hydrogen) atoms. The zero-order valence-electron chi connectivity index (χ0n) is 12.6. The van der Waals surface area contributed by atoms with E-state index in [1.165, 1.54) is 13.0 Å². The van der Waals surface area contributed by atoms with Crippen LogP contribution in [0.25, 0.3) is 0 Å². The van der Waals surface area contributed by atoms with Crippen LogP contribution in [-0.4, -0.2) is 23.2 Å². The third-order valence-corrected chi connectivity index (χ3v) is 4.01. The van der Waals surface area contributed by atoms with E-state index < -0.39 is 34.0 Å². The lowest BCUT2D eigenvalue weighted by molar-refractivity contribution is -0.137. The molecule has 0 fully saturated rings. The minimum Gasteiger partial charge on any atom is -0.336 e. The van der Waals surface area contributed by atoms with E-state index in [0.29, 0.717) is 0 Å². The van der Waals surface area contributed by atoms with E-state index in [0.717, 1.165) is 23.9 Å². The SMILES string of the molecule is CC(C)NC(=O)NC(=O)[C@@H](C)Sc1ccc(Cl)c(C(F)(F)F)c1. The van der Waals surface area contributed by atoms with Crippen LogP contribution >= 0.6 is 23.4 Å². The van der Waals surface area contributed by atoms with Gasteiger partial charge in [0.2, 0.25) is 5.91 Å². The van der Waals surface area contributed by atoms with E-state index in [-0.39, 0.29) is 10.9 Å². The lowest BCUT2D eigenvalue weighted by atomic mass is 10.2. The maximum atomic E-state index is 12.8. The molecule has 0 aliphatic carbocycles. The van der Waals surface area contributed by atoms with Crippen LogP contribution in [0.5, 0.6) is 0 Å². The number of carbonyl (C=O) groups is 2. The number of alkyl halides is 3. The zero-order valence-corrected chi connectivity index (χ0v) is 14.2. The van der Waals surface area contributed by atoms with Crippen LogP contribution < -0.4 is 10.6 Å². The lowest BCUT2D eigenvalue weighted by Gasteiger charge is -2.15. The molecule has 0 saturated heterocycles. The molecule has 3 amide bonds. The van der Waals surface area contributed by atoms with Gasteiger partial charge in [0.05, 0.1) is 15.8 Å². The van der Waals surface area contributed by atoms with Crippen molar-refractivity contribution in [2.75, 3.05) is 0 Å². The van der Waals surface area contributed by atoms with Crippen LogP contribution in [0.4, 0.5) is 18.0 Å². The molecule has 2 N–H and O–H groups in total. The second-order valence-corrected chi connectivity index (χ2v) is 6.84. The zero-order chi connectivity index (χ0) is 17.8. The number of thioether (sulfide) groups is 1. The molecule has 0 aliphatic rings. The summed E-state index contributed by atoms with van der Waals surface area (Å²) in [6, 6.07) is 2.61. The molecule has 0 saturated carbocycles. The summed E-state index contributed by atoms with van der Waals surface area (Å²) >= 11 is 6.44. The number of rotatable bonds is 4. The van der Waals surface area contributed by atoms with Crippen molar-refractivity contribution < 1.29 is 22.8 Å². The maximum Gasteiger partial charge on any atom is 0.417 e. The van der Waals surface area contributed by atoms with Gasteiger partial charge in [-0.2, -0.15) is 13.2 Å². The number of halogens is 4. The topological polar surface area (TPSA) is 58.2 Å². The van der Waals surface area contributed by atoms with E-state index in [1.807, 2.05) is 0 Å². The number of benzene rings is 1. The molecule has 1 atom stereocenters. The third-order valence-electron chi connectivity index (χ3n) is 2.58. The highest BCUT2D eigenvalue weighted by Crippen LogP contribution is 2.37. The smallest absolute Gasteiger partial charge is 0.336 e. The Hall–Kier alpha value is -1.41. The normalized spacial score (nSPS) is 12.9. The van der Waals surface area contributed by atoms with Gasteiger partial charge in [-0.25, -0.2) is 4.79 Å². The summed E-state index contributed by atoms with van der Waals surface area (Å²) < 4.78 is 38.4. The van der Waals surface area contributed by atoms with Gasteiger partial charge in [-0.1, -0.05) is 11.6 Å². The first-order chi connectivity index (χ1) is 10.5. The van der Waals surface area contributed by atoms with Crippen molar-refractivity contribution in [1.29, 1.82) is 0 Å². The number of nitrogens with one attached hydrogen (secondary N) is 2. The molecule has 128 valence electrons. The molecule has 1 rings (SSSR count). The van der Waals surface area contributed by atoms with Crippen LogP contribution in [0, 0.1) is 0 Å². The molecular formula is C14H16ClF3N2O2S. The van der Waals surface area contributed by atoms with Gasteiger partial charge < -0.3 is 5.32 Å². The second-order valence-electron chi connectivity index (χ2n) is 5.02. The molecule has 0 radical (unpaired) electrons. The lowest BCUT2D eigenvalue weighted by Crippen LogP contribution is -2.45. The molecule has 1 aromatic rings. The van der Waals surface area contributed by atoms with E-state index in [9.17, 15) is 22.8 Å². The fourth-order valence-electron chi connectivity index (χ4n) is 1.56. The van der Waals surface area contributed by atoms with Crippen molar-refractivity contribution in [3.8, 4) is 0 Å². The molecular weight excluding hydrogens is 353 g/mol. The van der Waals surface area contributed by atoms with Gasteiger partial charge in [0.1, 0.15) is 0 Å². The Balaban J connectivity index is 2.76. The van der Waals surface area contributed by atoms with Gasteiger partial charge in [-0.05, 0) is 39.0 Å². The minimum atomic E-state index is -4.57. The molecule has 0 heterocycles. The Bertz CT molecular complexity index is 594. The first-order valence-corrected chi connectivity index (χ1v) is 7.91. The average molecular weight is 369 g/mol. The highest BCUT2D eigenvalue weighted by Gasteiger charge is 2.33. The molecule has 4 nitrogen and oxygen atoms in total. The first kappa shape index (κ1) is 19.6. The van der Waals surface area contributed by atoms with Crippen molar-refractivity contribution in [2.24, 2.45) is 0 Å². The van der Waals surface area contributed by atoms with Gasteiger partial charge in [-0.15, -0.1) is 11.8 Å². The predicted octanol–water partition coefficient (Wildman–Crippen LogP) is 4.07. The number of imide groups is 1.